The van der Waals surface area contributed by atoms with E-state index in [0.717, 1.165) is 18.2 Å². The number of carboxylic acids is 1. The molecular formula is C10H11ClN2O7S. The zero-order valence-electron chi connectivity index (χ0n) is 10.4. The fourth-order valence-electron chi connectivity index (χ4n) is 1.43. The predicted molar refractivity (Wildman–Crippen MR) is 71.6 cm³/mol. The molecule has 0 aliphatic rings. The largest absolute Gasteiger partial charge is 0.480 e. The number of aliphatic hydroxyl groups excluding tert-OH is 1. The molecule has 1 rings (SSSR count). The summed E-state index contributed by atoms with van der Waals surface area (Å²) in [6, 6.07) is 1.15. The van der Waals surface area contributed by atoms with Gasteiger partial charge in [-0.05, 0) is 12.5 Å². The van der Waals surface area contributed by atoms with Crippen LogP contribution in [0.4, 0.5) is 5.69 Å². The molecule has 1 aromatic rings. The number of benzene rings is 1. The number of carboxylic acid groups (broad SMARTS) is 1. The van der Waals surface area contributed by atoms with E-state index in [0.29, 0.717) is 0 Å². The Hall–Kier alpha value is -1.75. The number of nitrogens with zero attached hydrogens (tertiary/aromatic N) is 1. The second kappa shape index (κ2) is 6.80. The van der Waals surface area contributed by atoms with Crippen molar-refractivity contribution in [3.05, 3.63) is 33.3 Å². The number of nitro groups is 1. The Labute approximate surface area is 124 Å². The van der Waals surface area contributed by atoms with Crippen molar-refractivity contribution in [3.8, 4) is 0 Å². The van der Waals surface area contributed by atoms with Gasteiger partial charge in [-0.25, -0.2) is 8.42 Å². The number of rotatable bonds is 7. The third-order valence-electron chi connectivity index (χ3n) is 2.43. The molecule has 0 aliphatic heterocycles. The Morgan fingerprint density at radius 3 is 2.52 bits per heavy atom. The number of non-ortho nitro benzene ring substituents is 1. The standard InChI is InChI=1S/C10H11ClN2O7S/c11-7-5-6(13(17)18)1-2-9(7)21(19,20)12-8(3-4-14)10(15)16/h1-2,5,8,12,14H,3-4H2,(H,15,16). The van der Waals surface area contributed by atoms with Gasteiger partial charge in [-0.15, -0.1) is 0 Å². The van der Waals surface area contributed by atoms with Gasteiger partial charge in [0.25, 0.3) is 5.69 Å². The average molecular weight is 339 g/mol. The van der Waals surface area contributed by atoms with Gasteiger partial charge in [-0.2, -0.15) is 4.72 Å². The molecule has 1 aromatic carbocycles. The van der Waals surface area contributed by atoms with Crippen molar-refractivity contribution in [1.29, 1.82) is 0 Å². The average Bonchev–Trinajstić information content (AvgIpc) is 2.37. The molecule has 0 aromatic heterocycles. The first-order valence-corrected chi connectivity index (χ1v) is 7.35. The molecule has 0 saturated carbocycles. The van der Waals surface area contributed by atoms with Gasteiger partial charge >= 0.3 is 5.97 Å². The van der Waals surface area contributed by atoms with Crippen LogP contribution in [0, 0.1) is 10.1 Å². The second-order valence-electron chi connectivity index (χ2n) is 3.90. The fourth-order valence-corrected chi connectivity index (χ4v) is 3.20. The lowest BCUT2D eigenvalue weighted by Gasteiger charge is -2.14. The Balaban J connectivity index is 3.13. The molecule has 116 valence electrons. The van der Waals surface area contributed by atoms with Crippen LogP contribution >= 0.6 is 11.6 Å². The van der Waals surface area contributed by atoms with Crippen molar-refractivity contribution >= 4 is 33.3 Å². The third-order valence-corrected chi connectivity index (χ3v) is 4.38. The normalized spacial score (nSPS) is 12.9. The minimum absolute atomic E-state index is 0.334. The molecule has 3 N–H and O–H groups in total. The zero-order chi connectivity index (χ0) is 16.2. The van der Waals surface area contributed by atoms with E-state index in [9.17, 15) is 23.3 Å². The van der Waals surface area contributed by atoms with Crippen LogP contribution < -0.4 is 4.72 Å². The van der Waals surface area contributed by atoms with E-state index in [-0.39, 0.29) is 6.42 Å². The highest BCUT2D eigenvalue weighted by Crippen LogP contribution is 2.26. The highest BCUT2D eigenvalue weighted by Gasteiger charge is 2.27. The molecule has 0 fully saturated rings. The zero-order valence-corrected chi connectivity index (χ0v) is 12.0. The van der Waals surface area contributed by atoms with E-state index in [1.54, 1.807) is 0 Å². The summed E-state index contributed by atoms with van der Waals surface area (Å²) in [5, 5.41) is 27.7. The number of sulfonamides is 1. The highest BCUT2D eigenvalue weighted by atomic mass is 35.5. The van der Waals surface area contributed by atoms with Gasteiger partial charge in [0.15, 0.2) is 0 Å². The summed E-state index contributed by atoms with van der Waals surface area (Å²) in [6.45, 7) is -0.534. The van der Waals surface area contributed by atoms with Gasteiger partial charge in [-0.3, -0.25) is 14.9 Å². The minimum Gasteiger partial charge on any atom is -0.480 e. The van der Waals surface area contributed by atoms with Crippen molar-refractivity contribution in [2.45, 2.75) is 17.4 Å². The van der Waals surface area contributed by atoms with E-state index in [1.165, 1.54) is 0 Å². The predicted octanol–water partition coefficient (Wildman–Crippen LogP) is 0.362. The van der Waals surface area contributed by atoms with Crippen molar-refractivity contribution < 1.29 is 28.3 Å². The molecule has 0 spiro atoms. The molecule has 0 saturated heterocycles. The maximum Gasteiger partial charge on any atom is 0.321 e. The summed E-state index contributed by atoms with van der Waals surface area (Å²) in [6.07, 6.45) is -0.334. The first kappa shape index (κ1) is 17.3. The topological polar surface area (TPSA) is 147 Å². The van der Waals surface area contributed by atoms with Crippen molar-refractivity contribution in [3.63, 3.8) is 0 Å². The summed E-state index contributed by atoms with van der Waals surface area (Å²) in [5.41, 5.74) is -0.399. The summed E-state index contributed by atoms with van der Waals surface area (Å²) in [4.78, 5) is 20.2. The summed E-state index contributed by atoms with van der Waals surface area (Å²) >= 11 is 5.68. The lowest BCUT2D eigenvalue weighted by atomic mass is 10.2. The lowest BCUT2D eigenvalue weighted by molar-refractivity contribution is -0.384. The quantitative estimate of drug-likeness (QED) is 0.480. The van der Waals surface area contributed by atoms with Crippen LogP contribution in [0.3, 0.4) is 0 Å². The molecule has 0 aliphatic carbocycles. The number of halogens is 1. The number of carbonyl (C=O) groups is 1. The smallest absolute Gasteiger partial charge is 0.321 e. The number of aliphatic carboxylic acids is 1. The van der Waals surface area contributed by atoms with Crippen LogP contribution in [-0.2, 0) is 14.8 Å². The molecule has 0 radical (unpaired) electrons. The van der Waals surface area contributed by atoms with E-state index < -0.39 is 49.2 Å². The van der Waals surface area contributed by atoms with Gasteiger partial charge in [0.1, 0.15) is 10.9 Å². The molecule has 9 nitrogen and oxygen atoms in total. The number of hydrogen-bond acceptors (Lipinski definition) is 6. The first-order chi connectivity index (χ1) is 9.69. The van der Waals surface area contributed by atoms with E-state index in [4.69, 9.17) is 21.8 Å². The van der Waals surface area contributed by atoms with Crippen LogP contribution in [0.25, 0.3) is 0 Å². The monoisotopic (exact) mass is 338 g/mol. The van der Waals surface area contributed by atoms with Gasteiger partial charge in [0.05, 0.1) is 9.95 Å². The molecule has 21 heavy (non-hydrogen) atoms. The molecule has 0 heterocycles. The van der Waals surface area contributed by atoms with Gasteiger partial charge in [-0.1, -0.05) is 11.6 Å². The van der Waals surface area contributed by atoms with Crippen molar-refractivity contribution in [2.75, 3.05) is 6.61 Å². The van der Waals surface area contributed by atoms with Crippen LogP contribution in [0.1, 0.15) is 6.42 Å². The van der Waals surface area contributed by atoms with E-state index in [1.807, 2.05) is 4.72 Å². The van der Waals surface area contributed by atoms with Crippen LogP contribution in [-0.4, -0.2) is 42.2 Å². The Kier molecular flexibility index (Phi) is 5.61. The molecular weight excluding hydrogens is 328 g/mol. The second-order valence-corrected chi connectivity index (χ2v) is 5.99. The van der Waals surface area contributed by atoms with Crippen molar-refractivity contribution in [1.82, 2.24) is 4.72 Å². The van der Waals surface area contributed by atoms with Gasteiger partial charge in [0.2, 0.25) is 10.0 Å². The maximum atomic E-state index is 12.0. The van der Waals surface area contributed by atoms with Gasteiger partial charge in [0, 0.05) is 18.7 Å². The molecule has 11 heteroatoms. The molecule has 0 bridgehead atoms. The summed E-state index contributed by atoms with van der Waals surface area (Å²) in [7, 11) is -4.30. The number of hydrogen-bond donors (Lipinski definition) is 3. The Morgan fingerprint density at radius 1 is 1.48 bits per heavy atom. The van der Waals surface area contributed by atoms with Gasteiger partial charge < -0.3 is 10.2 Å². The molecule has 0 amide bonds. The highest BCUT2D eigenvalue weighted by molar-refractivity contribution is 7.89. The fraction of sp³-hybridized carbons (Fsp3) is 0.300. The summed E-state index contributed by atoms with van der Waals surface area (Å²) in [5.74, 6) is -1.47. The number of aliphatic hydroxyl groups is 1. The minimum atomic E-state index is -4.30. The van der Waals surface area contributed by atoms with Crippen LogP contribution in [0.2, 0.25) is 5.02 Å². The lowest BCUT2D eigenvalue weighted by Crippen LogP contribution is -2.41. The van der Waals surface area contributed by atoms with Crippen LogP contribution in [0.15, 0.2) is 23.1 Å². The Morgan fingerprint density at radius 2 is 2.10 bits per heavy atom. The Bertz CT molecular complexity index is 661. The summed E-state index contributed by atoms with van der Waals surface area (Å²) < 4.78 is 25.9. The van der Waals surface area contributed by atoms with Crippen molar-refractivity contribution in [2.24, 2.45) is 0 Å². The van der Waals surface area contributed by atoms with E-state index >= 15 is 0 Å². The maximum absolute atomic E-state index is 12.0. The van der Waals surface area contributed by atoms with E-state index in [2.05, 4.69) is 0 Å². The molecule has 1 unspecified atom stereocenters. The number of nitrogens with one attached hydrogen (secondary N) is 1. The first-order valence-electron chi connectivity index (χ1n) is 5.49. The number of nitro benzene ring substituents is 1. The van der Waals surface area contributed by atoms with Crippen LogP contribution in [0.5, 0.6) is 0 Å². The third kappa shape index (κ3) is 4.36. The molecule has 1 atom stereocenters. The SMILES string of the molecule is O=C(O)C(CCO)NS(=O)(=O)c1ccc([N+](=O)[O-])cc1Cl.